The number of nitrogens with one attached hydrogen (secondary N) is 2. The molecule has 3 aromatic rings. The van der Waals surface area contributed by atoms with Crippen LogP contribution in [0.5, 0.6) is 5.75 Å². The molecule has 0 saturated carbocycles. The number of hydrogen-bond acceptors (Lipinski definition) is 4. The fourth-order valence-corrected chi connectivity index (χ4v) is 2.61. The van der Waals surface area contributed by atoms with E-state index in [2.05, 4.69) is 25.8 Å². The Morgan fingerprint density at radius 3 is 2.89 bits per heavy atom. The third kappa shape index (κ3) is 4.93. The lowest BCUT2D eigenvalue weighted by molar-refractivity contribution is 0.198. The molecule has 0 spiro atoms. The molecule has 1 aromatic carbocycles. The van der Waals surface area contributed by atoms with Gasteiger partial charge in [-0.05, 0) is 30.7 Å². The van der Waals surface area contributed by atoms with Crippen LogP contribution < -0.4 is 15.4 Å². The molecule has 0 saturated heterocycles. The lowest BCUT2D eigenvalue weighted by Crippen LogP contribution is -2.42. The van der Waals surface area contributed by atoms with Crippen molar-refractivity contribution in [2.45, 2.75) is 26.0 Å². The summed E-state index contributed by atoms with van der Waals surface area (Å²) in [5, 5.41) is 14.8. The van der Waals surface area contributed by atoms with E-state index in [9.17, 15) is 4.39 Å². The van der Waals surface area contributed by atoms with E-state index in [-0.39, 0.29) is 11.9 Å². The number of aliphatic imine (C=N–C) groups is 1. The summed E-state index contributed by atoms with van der Waals surface area (Å²) in [5.41, 5.74) is 0.798. The van der Waals surface area contributed by atoms with Crippen LogP contribution in [0.15, 0.2) is 53.7 Å². The Labute approximate surface area is 157 Å². The van der Waals surface area contributed by atoms with E-state index in [0.29, 0.717) is 24.8 Å². The number of ether oxygens (including phenoxy) is 1. The second-order valence-corrected chi connectivity index (χ2v) is 5.96. The van der Waals surface area contributed by atoms with Gasteiger partial charge in [-0.1, -0.05) is 19.1 Å². The largest absolute Gasteiger partial charge is 0.489 e. The van der Waals surface area contributed by atoms with Crippen molar-refractivity contribution in [3.05, 3.63) is 60.3 Å². The highest BCUT2D eigenvalue weighted by Crippen LogP contribution is 2.14. The zero-order valence-corrected chi connectivity index (χ0v) is 15.4. The standard InChI is InChI=1S/C19H23FN6O/c1-3-15(27-16-8-6-7-14(20)11-16)12-22-19(21-2)23-13-18-25-24-17-9-4-5-10-26(17)18/h4-11,15H,3,12-13H2,1-2H3,(H2,21,22,23). The van der Waals surface area contributed by atoms with Gasteiger partial charge in [0.2, 0.25) is 0 Å². The highest BCUT2D eigenvalue weighted by molar-refractivity contribution is 5.79. The molecular formula is C19H23FN6O. The molecule has 2 aromatic heterocycles. The summed E-state index contributed by atoms with van der Waals surface area (Å²) in [6.45, 7) is 3.03. The van der Waals surface area contributed by atoms with Crippen molar-refractivity contribution in [3.63, 3.8) is 0 Å². The number of nitrogens with zero attached hydrogens (tertiary/aromatic N) is 4. The predicted octanol–water partition coefficient (Wildman–Crippen LogP) is 2.39. The van der Waals surface area contributed by atoms with Crippen molar-refractivity contribution in [2.75, 3.05) is 13.6 Å². The van der Waals surface area contributed by atoms with Crippen molar-refractivity contribution in [2.24, 2.45) is 4.99 Å². The van der Waals surface area contributed by atoms with E-state index in [4.69, 9.17) is 4.74 Å². The maximum absolute atomic E-state index is 13.3. The minimum atomic E-state index is -0.312. The molecule has 7 nitrogen and oxygen atoms in total. The third-order valence-electron chi connectivity index (χ3n) is 4.07. The van der Waals surface area contributed by atoms with Crippen LogP contribution in [0.25, 0.3) is 5.65 Å². The summed E-state index contributed by atoms with van der Waals surface area (Å²) >= 11 is 0. The molecule has 2 heterocycles. The molecule has 1 atom stereocenters. The minimum Gasteiger partial charge on any atom is -0.489 e. The Morgan fingerprint density at radius 2 is 2.11 bits per heavy atom. The highest BCUT2D eigenvalue weighted by atomic mass is 19.1. The molecular weight excluding hydrogens is 347 g/mol. The number of aromatic nitrogens is 3. The highest BCUT2D eigenvalue weighted by Gasteiger charge is 2.11. The van der Waals surface area contributed by atoms with E-state index in [0.717, 1.165) is 17.9 Å². The molecule has 27 heavy (non-hydrogen) atoms. The number of pyridine rings is 1. The van der Waals surface area contributed by atoms with Crippen LogP contribution in [0.3, 0.4) is 0 Å². The Balaban J connectivity index is 1.53. The molecule has 0 aliphatic rings. The number of rotatable bonds is 7. The van der Waals surface area contributed by atoms with Crippen LogP contribution in [0.4, 0.5) is 4.39 Å². The maximum Gasteiger partial charge on any atom is 0.191 e. The van der Waals surface area contributed by atoms with Crippen molar-refractivity contribution < 1.29 is 9.13 Å². The van der Waals surface area contributed by atoms with Crippen LogP contribution in [0.2, 0.25) is 0 Å². The first-order chi connectivity index (χ1) is 13.2. The Morgan fingerprint density at radius 1 is 1.22 bits per heavy atom. The monoisotopic (exact) mass is 370 g/mol. The number of benzene rings is 1. The van der Waals surface area contributed by atoms with E-state index in [1.807, 2.05) is 35.7 Å². The molecule has 0 bridgehead atoms. The predicted molar refractivity (Wildman–Crippen MR) is 102 cm³/mol. The zero-order chi connectivity index (χ0) is 19.1. The summed E-state index contributed by atoms with van der Waals surface area (Å²) in [4.78, 5) is 4.22. The van der Waals surface area contributed by atoms with Gasteiger partial charge in [-0.15, -0.1) is 10.2 Å². The van der Waals surface area contributed by atoms with Crippen LogP contribution in [0, 0.1) is 5.82 Å². The number of hydrogen-bond donors (Lipinski definition) is 2. The zero-order valence-electron chi connectivity index (χ0n) is 15.4. The summed E-state index contributed by atoms with van der Waals surface area (Å²) < 4.78 is 21.1. The second-order valence-electron chi connectivity index (χ2n) is 5.96. The van der Waals surface area contributed by atoms with Crippen LogP contribution in [-0.4, -0.2) is 40.3 Å². The number of halogens is 1. The smallest absolute Gasteiger partial charge is 0.191 e. The minimum absolute atomic E-state index is 0.112. The summed E-state index contributed by atoms with van der Waals surface area (Å²) in [6.07, 6.45) is 2.58. The summed E-state index contributed by atoms with van der Waals surface area (Å²) in [5.74, 6) is 1.62. The first kappa shape index (κ1) is 18.6. The first-order valence-electron chi connectivity index (χ1n) is 8.85. The lowest BCUT2D eigenvalue weighted by atomic mass is 10.2. The van der Waals surface area contributed by atoms with Gasteiger partial charge in [-0.2, -0.15) is 0 Å². The average Bonchev–Trinajstić information content (AvgIpc) is 3.10. The molecule has 1 unspecified atom stereocenters. The first-order valence-corrected chi connectivity index (χ1v) is 8.85. The maximum atomic E-state index is 13.3. The van der Waals surface area contributed by atoms with Crippen LogP contribution in [-0.2, 0) is 6.54 Å². The van der Waals surface area contributed by atoms with Gasteiger partial charge in [-0.3, -0.25) is 9.39 Å². The Bertz CT molecular complexity index is 910. The molecule has 8 heteroatoms. The molecule has 0 aliphatic heterocycles. The van der Waals surface area contributed by atoms with Gasteiger partial charge < -0.3 is 15.4 Å². The Kier molecular flexibility index (Phi) is 6.19. The summed E-state index contributed by atoms with van der Waals surface area (Å²) in [6, 6.07) is 11.9. The van der Waals surface area contributed by atoms with Gasteiger partial charge in [0.15, 0.2) is 17.4 Å². The van der Waals surface area contributed by atoms with Gasteiger partial charge in [0, 0.05) is 19.3 Å². The van der Waals surface area contributed by atoms with E-state index in [1.165, 1.54) is 12.1 Å². The van der Waals surface area contributed by atoms with Gasteiger partial charge >= 0.3 is 0 Å². The molecule has 0 aliphatic carbocycles. The SMILES string of the molecule is CCC(CNC(=NC)NCc1nnc2ccccn12)Oc1cccc(F)c1. The Hall–Kier alpha value is -3.16. The van der Waals surface area contributed by atoms with E-state index in [1.54, 1.807) is 19.2 Å². The fraction of sp³-hybridized carbons (Fsp3) is 0.316. The van der Waals surface area contributed by atoms with Crippen LogP contribution >= 0.6 is 0 Å². The molecule has 3 rings (SSSR count). The van der Waals surface area contributed by atoms with E-state index < -0.39 is 0 Å². The number of fused-ring (bicyclic) bond motifs is 1. The van der Waals surface area contributed by atoms with Crippen molar-refractivity contribution in [1.29, 1.82) is 0 Å². The summed E-state index contributed by atoms with van der Waals surface area (Å²) in [7, 11) is 1.70. The lowest BCUT2D eigenvalue weighted by Gasteiger charge is -2.20. The number of guanidine groups is 1. The second kappa shape index (κ2) is 8.98. The molecule has 0 fully saturated rings. The molecule has 2 N–H and O–H groups in total. The van der Waals surface area contributed by atoms with Crippen molar-refractivity contribution in [1.82, 2.24) is 25.2 Å². The van der Waals surface area contributed by atoms with Gasteiger partial charge in [0.05, 0.1) is 13.1 Å². The van der Waals surface area contributed by atoms with Crippen LogP contribution in [0.1, 0.15) is 19.2 Å². The van der Waals surface area contributed by atoms with Gasteiger partial charge in [0.1, 0.15) is 17.7 Å². The normalized spacial score (nSPS) is 12.8. The molecule has 0 amide bonds. The molecule has 142 valence electrons. The van der Waals surface area contributed by atoms with Crippen molar-refractivity contribution >= 4 is 11.6 Å². The quantitative estimate of drug-likeness (QED) is 0.493. The fourth-order valence-electron chi connectivity index (χ4n) is 2.61. The van der Waals surface area contributed by atoms with E-state index >= 15 is 0 Å². The molecule has 0 radical (unpaired) electrons. The van der Waals surface area contributed by atoms with Gasteiger partial charge in [-0.25, -0.2) is 4.39 Å². The third-order valence-corrected chi connectivity index (χ3v) is 4.07. The topological polar surface area (TPSA) is 75.8 Å². The van der Waals surface area contributed by atoms with Gasteiger partial charge in [0.25, 0.3) is 0 Å². The van der Waals surface area contributed by atoms with Crippen molar-refractivity contribution in [3.8, 4) is 5.75 Å². The average molecular weight is 370 g/mol.